The van der Waals surface area contributed by atoms with Crippen LogP contribution in [0.15, 0.2) is 23.4 Å². The molecule has 2 rings (SSSR count). The Kier molecular flexibility index (Phi) is 5.62. The van der Waals surface area contributed by atoms with Gasteiger partial charge in [-0.25, -0.2) is 0 Å². The second-order valence-corrected chi connectivity index (χ2v) is 6.23. The van der Waals surface area contributed by atoms with Crippen molar-refractivity contribution in [1.82, 2.24) is 5.32 Å². The van der Waals surface area contributed by atoms with Crippen molar-refractivity contribution in [3.05, 3.63) is 34.9 Å². The lowest BCUT2D eigenvalue weighted by atomic mass is 9.96. The van der Waals surface area contributed by atoms with Crippen molar-refractivity contribution >= 4 is 5.84 Å². The molecule has 1 aliphatic carbocycles. The molecule has 1 aromatic rings. The van der Waals surface area contributed by atoms with Crippen molar-refractivity contribution in [1.29, 1.82) is 0 Å². The Morgan fingerprint density at radius 3 is 2.81 bits per heavy atom. The van der Waals surface area contributed by atoms with Crippen LogP contribution in [0.5, 0.6) is 0 Å². The molecule has 0 spiro atoms. The first-order valence-corrected chi connectivity index (χ1v) is 7.92. The molecule has 0 aromatic heterocycles. The zero-order valence-electron chi connectivity index (χ0n) is 13.1. The summed E-state index contributed by atoms with van der Waals surface area (Å²) in [6, 6.07) is 6.57. The van der Waals surface area contributed by atoms with E-state index in [1.54, 1.807) is 0 Å². The summed E-state index contributed by atoms with van der Waals surface area (Å²) in [7, 11) is 0. The summed E-state index contributed by atoms with van der Waals surface area (Å²) in [5, 5.41) is 15.5. The van der Waals surface area contributed by atoms with Crippen molar-refractivity contribution in [2.75, 3.05) is 0 Å². The molecule has 4 nitrogen and oxygen atoms in total. The highest BCUT2D eigenvalue weighted by Crippen LogP contribution is 2.23. The number of hydrogen-bond acceptors (Lipinski definition) is 3. The smallest absolute Gasteiger partial charge is 0.170 e. The third kappa shape index (κ3) is 4.21. The molecule has 2 unspecified atom stereocenters. The van der Waals surface area contributed by atoms with Crippen molar-refractivity contribution in [3.8, 4) is 0 Å². The van der Waals surface area contributed by atoms with Gasteiger partial charge in [-0.3, -0.25) is 0 Å². The van der Waals surface area contributed by atoms with Crippen LogP contribution in [-0.2, 0) is 6.54 Å². The van der Waals surface area contributed by atoms with Crippen LogP contribution < -0.4 is 11.1 Å². The summed E-state index contributed by atoms with van der Waals surface area (Å²) >= 11 is 0. The average Bonchev–Trinajstić information content (AvgIpc) is 2.69. The Morgan fingerprint density at radius 1 is 1.33 bits per heavy atom. The number of nitrogens with one attached hydrogen (secondary N) is 1. The van der Waals surface area contributed by atoms with E-state index in [1.165, 1.54) is 43.2 Å². The van der Waals surface area contributed by atoms with Gasteiger partial charge in [-0.15, -0.1) is 0 Å². The van der Waals surface area contributed by atoms with E-state index in [9.17, 15) is 0 Å². The van der Waals surface area contributed by atoms with E-state index in [-0.39, 0.29) is 5.84 Å². The van der Waals surface area contributed by atoms with E-state index >= 15 is 0 Å². The topological polar surface area (TPSA) is 70.6 Å². The molecule has 1 aromatic carbocycles. The monoisotopic (exact) mass is 289 g/mol. The number of nitrogens with two attached hydrogens (primary N) is 1. The zero-order valence-corrected chi connectivity index (χ0v) is 13.1. The largest absolute Gasteiger partial charge is 0.409 e. The summed E-state index contributed by atoms with van der Waals surface area (Å²) in [6.45, 7) is 5.32. The Labute approximate surface area is 127 Å². The van der Waals surface area contributed by atoms with Crippen molar-refractivity contribution in [3.63, 3.8) is 0 Å². The van der Waals surface area contributed by atoms with Gasteiger partial charge in [-0.1, -0.05) is 43.5 Å². The van der Waals surface area contributed by atoms with Crippen LogP contribution in [0.1, 0.15) is 55.7 Å². The normalized spacial score (nSPS) is 23.8. The number of aryl methyl sites for hydroxylation is 1. The van der Waals surface area contributed by atoms with Crippen LogP contribution in [0.2, 0.25) is 0 Å². The second kappa shape index (κ2) is 7.46. The minimum Gasteiger partial charge on any atom is -0.409 e. The SMILES string of the molecule is Cc1cc(/C(N)=N/O)ccc1CNC1CCCCCC1C. The molecule has 4 heteroatoms. The van der Waals surface area contributed by atoms with E-state index in [0.717, 1.165) is 18.0 Å². The van der Waals surface area contributed by atoms with Crippen LogP contribution in [0.3, 0.4) is 0 Å². The lowest BCUT2D eigenvalue weighted by Gasteiger charge is -2.23. The minimum absolute atomic E-state index is 0.162. The summed E-state index contributed by atoms with van der Waals surface area (Å²) < 4.78 is 0. The van der Waals surface area contributed by atoms with Gasteiger partial charge in [0.15, 0.2) is 5.84 Å². The summed E-state index contributed by atoms with van der Waals surface area (Å²) in [5.41, 5.74) is 8.84. The molecule has 1 aliphatic rings. The summed E-state index contributed by atoms with van der Waals surface area (Å²) in [6.07, 6.45) is 6.69. The van der Waals surface area contributed by atoms with Gasteiger partial charge in [0.25, 0.3) is 0 Å². The molecule has 0 bridgehead atoms. The number of rotatable bonds is 4. The number of oxime groups is 1. The zero-order chi connectivity index (χ0) is 15.2. The molecule has 0 heterocycles. The average molecular weight is 289 g/mol. The fraction of sp³-hybridized carbons (Fsp3) is 0.588. The first kappa shape index (κ1) is 15.8. The van der Waals surface area contributed by atoms with E-state index in [0.29, 0.717) is 6.04 Å². The standard InChI is InChI=1S/C17H27N3O/c1-12-6-4-3-5-7-16(12)19-11-15-9-8-14(10-13(15)2)17(18)20-21/h8-10,12,16,19,21H,3-7,11H2,1-2H3,(H2,18,20). The maximum absolute atomic E-state index is 8.73. The third-order valence-electron chi connectivity index (χ3n) is 4.66. The van der Waals surface area contributed by atoms with Gasteiger partial charge in [-0.05, 0) is 42.9 Å². The van der Waals surface area contributed by atoms with Gasteiger partial charge in [0.1, 0.15) is 0 Å². The molecule has 0 aliphatic heterocycles. The van der Waals surface area contributed by atoms with E-state index in [2.05, 4.69) is 30.4 Å². The fourth-order valence-electron chi connectivity index (χ4n) is 3.15. The number of amidine groups is 1. The van der Waals surface area contributed by atoms with Gasteiger partial charge in [0.2, 0.25) is 0 Å². The minimum atomic E-state index is 0.162. The quantitative estimate of drug-likeness (QED) is 0.262. The number of benzene rings is 1. The number of hydrogen-bond donors (Lipinski definition) is 3. The molecule has 1 fully saturated rings. The highest BCUT2D eigenvalue weighted by molar-refractivity contribution is 5.97. The van der Waals surface area contributed by atoms with Crippen molar-refractivity contribution in [2.24, 2.45) is 16.8 Å². The maximum Gasteiger partial charge on any atom is 0.170 e. The molecule has 2 atom stereocenters. The molecule has 1 saturated carbocycles. The van der Waals surface area contributed by atoms with Crippen LogP contribution in [0.4, 0.5) is 0 Å². The Balaban J connectivity index is 1.99. The van der Waals surface area contributed by atoms with Crippen molar-refractivity contribution in [2.45, 2.75) is 58.5 Å². The predicted molar refractivity (Wildman–Crippen MR) is 86.6 cm³/mol. The number of nitrogens with zero attached hydrogens (tertiary/aromatic N) is 1. The lowest BCUT2D eigenvalue weighted by molar-refractivity contribution is 0.318. The molecule has 21 heavy (non-hydrogen) atoms. The summed E-state index contributed by atoms with van der Waals surface area (Å²) in [4.78, 5) is 0. The van der Waals surface area contributed by atoms with Gasteiger partial charge < -0.3 is 16.3 Å². The van der Waals surface area contributed by atoms with Crippen LogP contribution in [-0.4, -0.2) is 17.1 Å². The third-order valence-corrected chi connectivity index (χ3v) is 4.66. The summed E-state index contributed by atoms with van der Waals surface area (Å²) in [5.74, 6) is 0.916. The highest BCUT2D eigenvalue weighted by Gasteiger charge is 2.19. The molecular formula is C17H27N3O. The Morgan fingerprint density at radius 2 is 2.10 bits per heavy atom. The first-order chi connectivity index (χ1) is 10.1. The van der Waals surface area contributed by atoms with Crippen LogP contribution >= 0.6 is 0 Å². The molecule has 0 radical (unpaired) electrons. The molecule has 116 valence electrons. The van der Waals surface area contributed by atoms with Crippen LogP contribution in [0, 0.1) is 12.8 Å². The lowest BCUT2D eigenvalue weighted by Crippen LogP contribution is -2.34. The highest BCUT2D eigenvalue weighted by atomic mass is 16.4. The first-order valence-electron chi connectivity index (χ1n) is 7.92. The van der Waals surface area contributed by atoms with E-state index in [1.807, 2.05) is 12.1 Å². The molecule has 4 N–H and O–H groups in total. The van der Waals surface area contributed by atoms with Gasteiger partial charge in [0.05, 0.1) is 0 Å². The fourth-order valence-corrected chi connectivity index (χ4v) is 3.15. The Bertz CT molecular complexity index is 499. The van der Waals surface area contributed by atoms with Gasteiger partial charge >= 0.3 is 0 Å². The Hall–Kier alpha value is -1.55. The van der Waals surface area contributed by atoms with E-state index in [4.69, 9.17) is 10.9 Å². The van der Waals surface area contributed by atoms with Crippen molar-refractivity contribution < 1.29 is 5.21 Å². The van der Waals surface area contributed by atoms with Gasteiger partial charge in [-0.2, -0.15) is 0 Å². The predicted octanol–water partition coefficient (Wildman–Crippen LogP) is 3.15. The molecular weight excluding hydrogens is 262 g/mol. The molecule has 0 saturated heterocycles. The molecule has 0 amide bonds. The maximum atomic E-state index is 8.73. The van der Waals surface area contributed by atoms with E-state index < -0.39 is 0 Å². The van der Waals surface area contributed by atoms with Gasteiger partial charge in [0, 0.05) is 18.2 Å². The second-order valence-electron chi connectivity index (χ2n) is 6.23. The van der Waals surface area contributed by atoms with Crippen LogP contribution in [0.25, 0.3) is 0 Å².